The van der Waals surface area contributed by atoms with Crippen molar-refractivity contribution in [3.63, 3.8) is 0 Å². The molecule has 0 bridgehead atoms. The summed E-state index contributed by atoms with van der Waals surface area (Å²) < 4.78 is 5.34. The highest BCUT2D eigenvalue weighted by molar-refractivity contribution is 5.85. The smallest absolute Gasteiger partial charge is 0.243 e. The van der Waals surface area contributed by atoms with Gasteiger partial charge in [0.05, 0.1) is 13.2 Å². The van der Waals surface area contributed by atoms with Gasteiger partial charge in [0, 0.05) is 52.7 Å². The lowest BCUT2D eigenvalue weighted by Gasteiger charge is -2.36. The molecular formula is C19H35N5O3. The van der Waals surface area contributed by atoms with Gasteiger partial charge in [0.1, 0.15) is 6.54 Å². The van der Waals surface area contributed by atoms with Crippen molar-refractivity contribution >= 4 is 17.8 Å². The van der Waals surface area contributed by atoms with Crippen LogP contribution in [0.4, 0.5) is 0 Å². The van der Waals surface area contributed by atoms with Crippen LogP contribution in [0.3, 0.4) is 0 Å². The van der Waals surface area contributed by atoms with Crippen LogP contribution in [0.1, 0.15) is 32.6 Å². The summed E-state index contributed by atoms with van der Waals surface area (Å²) in [5.41, 5.74) is 0. The molecule has 0 atom stereocenters. The molecule has 8 heteroatoms. The van der Waals surface area contributed by atoms with Crippen LogP contribution in [0.2, 0.25) is 0 Å². The molecule has 2 amide bonds. The van der Waals surface area contributed by atoms with Gasteiger partial charge in [0.2, 0.25) is 11.8 Å². The van der Waals surface area contributed by atoms with Crippen molar-refractivity contribution in [3.05, 3.63) is 0 Å². The number of hydrogen-bond donors (Lipinski definition) is 1. The van der Waals surface area contributed by atoms with Crippen LogP contribution in [0.5, 0.6) is 0 Å². The van der Waals surface area contributed by atoms with Crippen LogP contribution in [-0.2, 0) is 14.3 Å². The van der Waals surface area contributed by atoms with Gasteiger partial charge in [0.15, 0.2) is 5.96 Å². The summed E-state index contributed by atoms with van der Waals surface area (Å²) in [5, 5.41) is 3.39. The number of rotatable bonds is 6. The number of carbonyl (C=O) groups excluding carboxylic acids is 2. The van der Waals surface area contributed by atoms with E-state index in [9.17, 15) is 9.59 Å². The van der Waals surface area contributed by atoms with Crippen LogP contribution in [0.15, 0.2) is 4.99 Å². The maximum Gasteiger partial charge on any atom is 0.243 e. The zero-order valence-electron chi connectivity index (χ0n) is 17.1. The van der Waals surface area contributed by atoms with Gasteiger partial charge < -0.3 is 24.8 Å². The minimum absolute atomic E-state index is 0.0119. The maximum atomic E-state index is 12.7. The molecule has 0 aromatic carbocycles. The molecular weight excluding hydrogens is 346 g/mol. The van der Waals surface area contributed by atoms with E-state index in [4.69, 9.17) is 4.74 Å². The number of piperidine rings is 1. The number of guanidine groups is 1. The van der Waals surface area contributed by atoms with Crippen molar-refractivity contribution in [1.82, 2.24) is 20.0 Å². The van der Waals surface area contributed by atoms with Crippen LogP contribution in [0, 0.1) is 5.92 Å². The summed E-state index contributed by atoms with van der Waals surface area (Å²) in [4.78, 5) is 34.8. The monoisotopic (exact) mass is 381 g/mol. The fourth-order valence-electron chi connectivity index (χ4n) is 3.31. The fourth-order valence-corrected chi connectivity index (χ4v) is 3.31. The van der Waals surface area contributed by atoms with Gasteiger partial charge >= 0.3 is 0 Å². The first-order valence-electron chi connectivity index (χ1n) is 10.1. The number of unbranched alkanes of at least 4 members (excludes halogenated alkanes) is 1. The Bertz CT molecular complexity index is 509. The Morgan fingerprint density at radius 3 is 2.37 bits per heavy atom. The molecule has 0 unspecified atom stereocenters. The lowest BCUT2D eigenvalue weighted by molar-refractivity contribution is -0.140. The highest BCUT2D eigenvalue weighted by Gasteiger charge is 2.30. The predicted molar refractivity (Wildman–Crippen MR) is 106 cm³/mol. The Balaban J connectivity index is 1.90. The summed E-state index contributed by atoms with van der Waals surface area (Å²) in [6, 6.07) is 0. The molecule has 0 aromatic rings. The van der Waals surface area contributed by atoms with E-state index in [2.05, 4.69) is 22.1 Å². The number of nitrogens with zero attached hydrogens (tertiary/aromatic N) is 4. The molecule has 2 fully saturated rings. The van der Waals surface area contributed by atoms with Crippen molar-refractivity contribution in [2.24, 2.45) is 10.9 Å². The number of aliphatic imine (C=N–C) groups is 1. The van der Waals surface area contributed by atoms with Gasteiger partial charge in [-0.25, -0.2) is 4.99 Å². The van der Waals surface area contributed by atoms with E-state index in [0.29, 0.717) is 26.3 Å². The summed E-state index contributed by atoms with van der Waals surface area (Å²) in [7, 11) is 3.48. The van der Waals surface area contributed by atoms with E-state index in [1.807, 2.05) is 4.90 Å². The van der Waals surface area contributed by atoms with Crippen LogP contribution in [0.25, 0.3) is 0 Å². The first-order chi connectivity index (χ1) is 13.0. The molecule has 2 rings (SSSR count). The van der Waals surface area contributed by atoms with Crippen molar-refractivity contribution in [2.45, 2.75) is 32.6 Å². The molecule has 0 aliphatic carbocycles. The van der Waals surface area contributed by atoms with Gasteiger partial charge in [-0.3, -0.25) is 9.59 Å². The van der Waals surface area contributed by atoms with E-state index in [1.54, 1.807) is 19.0 Å². The summed E-state index contributed by atoms with van der Waals surface area (Å²) >= 11 is 0. The molecule has 0 aromatic heterocycles. The third-order valence-corrected chi connectivity index (χ3v) is 5.14. The number of hydrogen-bond acceptors (Lipinski definition) is 4. The number of ether oxygens (including phenoxy) is 1. The molecule has 0 saturated carbocycles. The fraction of sp³-hybridized carbons (Fsp3) is 0.842. The maximum absolute atomic E-state index is 12.7. The molecule has 0 spiro atoms. The Labute approximate surface area is 162 Å². The zero-order chi connectivity index (χ0) is 19.6. The summed E-state index contributed by atoms with van der Waals surface area (Å²) in [6.07, 6.45) is 3.82. The molecule has 154 valence electrons. The summed E-state index contributed by atoms with van der Waals surface area (Å²) in [5.74, 6) is 1.12. The van der Waals surface area contributed by atoms with Gasteiger partial charge in [-0.2, -0.15) is 0 Å². The molecule has 2 heterocycles. The van der Waals surface area contributed by atoms with E-state index >= 15 is 0 Å². The highest BCUT2D eigenvalue weighted by atomic mass is 16.5. The lowest BCUT2D eigenvalue weighted by Crippen LogP contribution is -2.50. The Kier molecular flexibility index (Phi) is 8.84. The quantitative estimate of drug-likeness (QED) is 0.409. The second kappa shape index (κ2) is 11.1. The second-order valence-corrected chi connectivity index (χ2v) is 7.41. The zero-order valence-corrected chi connectivity index (χ0v) is 17.1. The number of amides is 2. The molecule has 0 radical (unpaired) electrons. The third-order valence-electron chi connectivity index (χ3n) is 5.14. The number of nitrogens with one attached hydrogen (secondary N) is 1. The van der Waals surface area contributed by atoms with E-state index in [1.165, 1.54) is 0 Å². The molecule has 8 nitrogen and oxygen atoms in total. The van der Waals surface area contributed by atoms with Gasteiger partial charge in [-0.1, -0.05) is 13.3 Å². The van der Waals surface area contributed by atoms with Crippen molar-refractivity contribution in [2.75, 3.05) is 66.6 Å². The lowest BCUT2D eigenvalue weighted by atomic mass is 9.95. The molecule has 2 aliphatic heterocycles. The Morgan fingerprint density at radius 2 is 1.78 bits per heavy atom. The topological polar surface area (TPSA) is 77.5 Å². The number of likely N-dealkylation sites (N-methyl/N-ethyl adjacent to an activating group) is 1. The molecule has 2 saturated heterocycles. The van der Waals surface area contributed by atoms with Crippen molar-refractivity contribution < 1.29 is 14.3 Å². The van der Waals surface area contributed by atoms with Crippen molar-refractivity contribution in [3.8, 4) is 0 Å². The third kappa shape index (κ3) is 6.68. The first-order valence-corrected chi connectivity index (χ1v) is 10.1. The SMILES string of the molecule is CCCCNC(=NCC(=O)N(C)C)N1CCC(C(=O)N2CCOCC2)CC1. The number of likely N-dealkylation sites (tertiary alicyclic amines) is 1. The van der Waals surface area contributed by atoms with Gasteiger partial charge in [-0.15, -0.1) is 0 Å². The molecule has 2 aliphatic rings. The highest BCUT2D eigenvalue weighted by Crippen LogP contribution is 2.20. The van der Waals surface area contributed by atoms with E-state index < -0.39 is 0 Å². The summed E-state index contributed by atoms with van der Waals surface area (Å²) in [6.45, 7) is 7.41. The minimum Gasteiger partial charge on any atom is -0.378 e. The average Bonchev–Trinajstić information content (AvgIpc) is 2.70. The second-order valence-electron chi connectivity index (χ2n) is 7.41. The normalized spacial score (nSPS) is 19.1. The Morgan fingerprint density at radius 1 is 1.11 bits per heavy atom. The van der Waals surface area contributed by atoms with Gasteiger partial charge in [-0.05, 0) is 19.3 Å². The standard InChI is InChI=1S/C19H35N5O3/c1-4-5-8-20-19(21-15-17(25)22(2)3)24-9-6-16(7-10-24)18(26)23-11-13-27-14-12-23/h16H,4-15H2,1-3H3,(H,20,21). The molecule has 1 N–H and O–H groups in total. The van der Waals surface area contributed by atoms with Crippen LogP contribution < -0.4 is 5.32 Å². The predicted octanol–water partition coefficient (Wildman–Crippen LogP) is 0.391. The van der Waals surface area contributed by atoms with E-state index in [-0.39, 0.29) is 24.3 Å². The Hall–Kier alpha value is -1.83. The minimum atomic E-state index is -0.0119. The first kappa shape index (κ1) is 21.5. The van der Waals surface area contributed by atoms with Crippen LogP contribution in [-0.4, -0.2) is 99.1 Å². The van der Waals surface area contributed by atoms with Gasteiger partial charge in [0.25, 0.3) is 0 Å². The largest absolute Gasteiger partial charge is 0.378 e. The molecule has 27 heavy (non-hydrogen) atoms. The van der Waals surface area contributed by atoms with Crippen molar-refractivity contribution in [1.29, 1.82) is 0 Å². The van der Waals surface area contributed by atoms with Crippen LogP contribution >= 0.6 is 0 Å². The number of morpholine rings is 1. The van der Waals surface area contributed by atoms with E-state index in [0.717, 1.165) is 51.3 Å². The number of carbonyl (C=O) groups is 2. The average molecular weight is 382 g/mol.